The van der Waals surface area contributed by atoms with Gasteiger partial charge in [-0.2, -0.15) is 0 Å². The summed E-state index contributed by atoms with van der Waals surface area (Å²) in [5.41, 5.74) is 2.04. The molecule has 0 aliphatic rings. The number of likely N-dealkylation sites (N-methyl/N-ethyl adjacent to an activating group) is 1. The quantitative estimate of drug-likeness (QED) is 0.831. The number of nitrogens with one attached hydrogen (secondary N) is 1. The number of carbonyl (C=O) groups is 1. The number of halogens is 1. The van der Waals surface area contributed by atoms with Gasteiger partial charge < -0.3 is 15.0 Å². The van der Waals surface area contributed by atoms with Crippen LogP contribution in [0.4, 0.5) is 5.69 Å². The lowest BCUT2D eigenvalue weighted by atomic mass is 10.2. The molecule has 1 amide bonds. The molecule has 0 fully saturated rings. The predicted molar refractivity (Wildman–Crippen MR) is 99.0 cm³/mol. The molecule has 0 aliphatic carbocycles. The highest BCUT2D eigenvalue weighted by molar-refractivity contribution is 6.31. The third kappa shape index (κ3) is 5.17. The van der Waals surface area contributed by atoms with Crippen molar-refractivity contribution in [1.29, 1.82) is 0 Å². The Bertz CT molecular complexity index is 676. The van der Waals surface area contributed by atoms with E-state index in [0.29, 0.717) is 17.3 Å². The van der Waals surface area contributed by atoms with Gasteiger partial charge >= 0.3 is 0 Å². The van der Waals surface area contributed by atoms with Gasteiger partial charge in [0.1, 0.15) is 5.75 Å². The van der Waals surface area contributed by atoms with Crippen molar-refractivity contribution in [2.45, 2.75) is 20.0 Å². The maximum absolute atomic E-state index is 12.1. The largest absolute Gasteiger partial charge is 0.481 e. The van der Waals surface area contributed by atoms with E-state index >= 15 is 0 Å². The van der Waals surface area contributed by atoms with E-state index < -0.39 is 6.10 Å². The first-order valence-corrected chi connectivity index (χ1v) is 8.32. The van der Waals surface area contributed by atoms with Gasteiger partial charge in [-0.3, -0.25) is 4.79 Å². The van der Waals surface area contributed by atoms with Crippen LogP contribution in [0.2, 0.25) is 5.02 Å². The van der Waals surface area contributed by atoms with Crippen LogP contribution in [0.3, 0.4) is 0 Å². The molecule has 2 rings (SSSR count). The van der Waals surface area contributed by atoms with E-state index in [-0.39, 0.29) is 5.91 Å². The third-order valence-corrected chi connectivity index (χ3v) is 4.18. The summed E-state index contributed by atoms with van der Waals surface area (Å²) < 4.78 is 5.67. The molecule has 0 radical (unpaired) electrons. The minimum absolute atomic E-state index is 0.135. The van der Waals surface area contributed by atoms with Crippen molar-refractivity contribution in [2.24, 2.45) is 0 Å². The van der Waals surface area contributed by atoms with Gasteiger partial charge in [0.15, 0.2) is 6.10 Å². The topological polar surface area (TPSA) is 41.6 Å². The van der Waals surface area contributed by atoms with Gasteiger partial charge in [-0.15, -0.1) is 0 Å². The lowest BCUT2D eigenvalue weighted by Gasteiger charge is -2.20. The Morgan fingerprint density at radius 1 is 1.25 bits per heavy atom. The standard InChI is InChI=1S/C19H23ClN2O2/c1-14-13-17(9-10-18(14)20)24-15(2)19(23)21-11-12-22(3)16-7-5-4-6-8-16/h4-10,13,15H,11-12H2,1-3H3,(H,21,23). The van der Waals surface area contributed by atoms with Crippen molar-refractivity contribution in [3.05, 3.63) is 59.1 Å². The lowest BCUT2D eigenvalue weighted by Crippen LogP contribution is -2.40. The molecule has 0 saturated heterocycles. The minimum Gasteiger partial charge on any atom is -0.481 e. The van der Waals surface area contributed by atoms with Gasteiger partial charge in [-0.25, -0.2) is 0 Å². The fourth-order valence-corrected chi connectivity index (χ4v) is 2.37. The van der Waals surface area contributed by atoms with Crippen molar-refractivity contribution in [3.63, 3.8) is 0 Å². The molecule has 0 bridgehead atoms. The summed E-state index contributed by atoms with van der Waals surface area (Å²) in [5, 5.41) is 3.58. The molecule has 1 unspecified atom stereocenters. The van der Waals surface area contributed by atoms with Crippen LogP contribution in [0, 0.1) is 6.92 Å². The molecule has 5 heteroatoms. The summed E-state index contributed by atoms with van der Waals surface area (Å²) in [4.78, 5) is 14.2. The fourth-order valence-electron chi connectivity index (χ4n) is 2.25. The first kappa shape index (κ1) is 18.1. The average Bonchev–Trinajstić information content (AvgIpc) is 2.58. The van der Waals surface area contributed by atoms with Crippen LogP contribution >= 0.6 is 11.6 Å². The van der Waals surface area contributed by atoms with Crippen molar-refractivity contribution in [1.82, 2.24) is 5.32 Å². The van der Waals surface area contributed by atoms with Gasteiger partial charge in [0.2, 0.25) is 0 Å². The minimum atomic E-state index is -0.562. The molecule has 24 heavy (non-hydrogen) atoms. The van der Waals surface area contributed by atoms with Crippen LogP contribution in [0.15, 0.2) is 48.5 Å². The van der Waals surface area contributed by atoms with Crippen LogP contribution in [0.1, 0.15) is 12.5 Å². The summed E-state index contributed by atoms with van der Waals surface area (Å²) in [5.74, 6) is 0.505. The number of anilines is 1. The number of nitrogens with zero attached hydrogens (tertiary/aromatic N) is 1. The normalized spacial score (nSPS) is 11.7. The van der Waals surface area contributed by atoms with Crippen LogP contribution in [-0.4, -0.2) is 32.1 Å². The molecular weight excluding hydrogens is 324 g/mol. The van der Waals surface area contributed by atoms with Crippen LogP contribution in [-0.2, 0) is 4.79 Å². The molecule has 128 valence electrons. The molecule has 2 aromatic rings. The number of amides is 1. The van der Waals surface area contributed by atoms with Crippen LogP contribution < -0.4 is 15.0 Å². The maximum Gasteiger partial charge on any atom is 0.260 e. The molecule has 4 nitrogen and oxygen atoms in total. The number of aryl methyl sites for hydroxylation is 1. The average molecular weight is 347 g/mol. The Morgan fingerprint density at radius 2 is 1.96 bits per heavy atom. The fraction of sp³-hybridized carbons (Fsp3) is 0.316. The second-order valence-corrected chi connectivity index (χ2v) is 6.13. The Kier molecular flexibility index (Phi) is 6.50. The molecule has 0 saturated carbocycles. The van der Waals surface area contributed by atoms with Gasteiger partial charge in [0.25, 0.3) is 5.91 Å². The number of benzene rings is 2. The van der Waals surface area contributed by atoms with Gasteiger partial charge in [-0.1, -0.05) is 29.8 Å². The number of hydrogen-bond donors (Lipinski definition) is 1. The summed E-state index contributed by atoms with van der Waals surface area (Å²) in [6, 6.07) is 15.4. The zero-order chi connectivity index (χ0) is 17.5. The molecule has 0 heterocycles. The van der Waals surface area contributed by atoms with E-state index in [2.05, 4.69) is 10.2 Å². The Labute approximate surface area is 148 Å². The summed E-state index contributed by atoms with van der Waals surface area (Å²) in [7, 11) is 2.00. The Morgan fingerprint density at radius 3 is 2.62 bits per heavy atom. The van der Waals surface area contributed by atoms with Gasteiger partial charge in [0.05, 0.1) is 0 Å². The number of ether oxygens (including phenoxy) is 1. The first-order valence-electron chi connectivity index (χ1n) is 7.94. The number of para-hydroxylation sites is 1. The molecule has 0 spiro atoms. The molecule has 1 N–H and O–H groups in total. The molecular formula is C19H23ClN2O2. The molecule has 1 atom stereocenters. The monoisotopic (exact) mass is 346 g/mol. The highest BCUT2D eigenvalue weighted by atomic mass is 35.5. The lowest BCUT2D eigenvalue weighted by molar-refractivity contribution is -0.127. The third-order valence-electron chi connectivity index (χ3n) is 3.75. The summed E-state index contributed by atoms with van der Waals surface area (Å²) >= 11 is 5.99. The van der Waals surface area contributed by atoms with Gasteiger partial charge in [-0.05, 0) is 49.7 Å². The van der Waals surface area contributed by atoms with E-state index in [1.165, 1.54) is 0 Å². The van der Waals surface area contributed by atoms with E-state index in [4.69, 9.17) is 16.3 Å². The van der Waals surface area contributed by atoms with Crippen LogP contribution in [0.25, 0.3) is 0 Å². The predicted octanol–water partition coefficient (Wildman–Crippen LogP) is 3.67. The highest BCUT2D eigenvalue weighted by Crippen LogP contribution is 2.21. The first-order chi connectivity index (χ1) is 11.5. The number of hydrogen-bond acceptors (Lipinski definition) is 3. The van der Waals surface area contributed by atoms with Crippen molar-refractivity contribution in [3.8, 4) is 5.75 Å². The molecule has 0 aliphatic heterocycles. The van der Waals surface area contributed by atoms with E-state index in [1.807, 2.05) is 50.4 Å². The Balaban J connectivity index is 1.78. The van der Waals surface area contributed by atoms with E-state index in [1.54, 1.807) is 19.1 Å². The van der Waals surface area contributed by atoms with Crippen molar-refractivity contribution >= 4 is 23.2 Å². The maximum atomic E-state index is 12.1. The summed E-state index contributed by atoms with van der Waals surface area (Å²) in [6.07, 6.45) is -0.562. The van der Waals surface area contributed by atoms with E-state index in [0.717, 1.165) is 17.8 Å². The van der Waals surface area contributed by atoms with E-state index in [9.17, 15) is 4.79 Å². The second-order valence-electron chi connectivity index (χ2n) is 5.72. The van der Waals surface area contributed by atoms with Crippen molar-refractivity contribution in [2.75, 3.05) is 25.0 Å². The zero-order valence-electron chi connectivity index (χ0n) is 14.3. The van der Waals surface area contributed by atoms with Crippen molar-refractivity contribution < 1.29 is 9.53 Å². The smallest absolute Gasteiger partial charge is 0.260 e. The molecule has 2 aromatic carbocycles. The molecule has 0 aromatic heterocycles. The van der Waals surface area contributed by atoms with Crippen LogP contribution in [0.5, 0.6) is 5.75 Å². The SMILES string of the molecule is Cc1cc(OC(C)C(=O)NCCN(C)c2ccccc2)ccc1Cl. The van der Waals surface area contributed by atoms with Gasteiger partial charge in [0, 0.05) is 30.8 Å². The highest BCUT2D eigenvalue weighted by Gasteiger charge is 2.14. The number of carbonyl (C=O) groups excluding carboxylic acids is 1. The number of rotatable bonds is 7. The second kappa shape index (κ2) is 8.60. The summed E-state index contributed by atoms with van der Waals surface area (Å²) in [6.45, 7) is 4.92. The Hall–Kier alpha value is -2.20. The zero-order valence-corrected chi connectivity index (χ0v) is 15.0.